The van der Waals surface area contributed by atoms with Crippen LogP contribution >= 0.6 is 0 Å². The number of aromatic nitrogens is 2. The summed E-state index contributed by atoms with van der Waals surface area (Å²) >= 11 is 0. The van der Waals surface area contributed by atoms with Gasteiger partial charge in [-0.25, -0.2) is 0 Å². The van der Waals surface area contributed by atoms with Crippen LogP contribution in [0.4, 0.5) is 0 Å². The summed E-state index contributed by atoms with van der Waals surface area (Å²) in [6, 6.07) is 13.7. The lowest BCUT2D eigenvalue weighted by molar-refractivity contribution is 1.10. The van der Waals surface area contributed by atoms with Crippen LogP contribution in [-0.2, 0) is 0 Å². The fourth-order valence-electron chi connectivity index (χ4n) is 1.90. The maximum atomic E-state index is 11.8. The highest BCUT2D eigenvalue weighted by Crippen LogP contribution is 2.16. The first-order valence-electron chi connectivity index (χ1n) is 5.10. The van der Waals surface area contributed by atoms with E-state index in [1.54, 1.807) is 6.20 Å². The largest absolute Gasteiger partial charge is 0.327 e. The highest BCUT2D eigenvalue weighted by molar-refractivity contribution is 5.80. The van der Waals surface area contributed by atoms with Crippen molar-refractivity contribution in [3.8, 4) is 5.69 Å². The standard InChI is InChI=1S/C13H10N2O/c16-13-12-10(6-8-14-13)7-9-15(12)11-4-2-1-3-5-11/h1-9H,(H,14,16). The van der Waals surface area contributed by atoms with Gasteiger partial charge in [-0.3, -0.25) is 4.79 Å². The minimum Gasteiger partial charge on any atom is -0.327 e. The van der Waals surface area contributed by atoms with Gasteiger partial charge in [0.15, 0.2) is 0 Å². The van der Waals surface area contributed by atoms with E-state index in [1.807, 2.05) is 53.2 Å². The molecule has 3 rings (SSSR count). The highest BCUT2D eigenvalue weighted by atomic mass is 16.1. The molecule has 0 atom stereocenters. The molecule has 2 aromatic heterocycles. The topological polar surface area (TPSA) is 37.8 Å². The molecule has 16 heavy (non-hydrogen) atoms. The summed E-state index contributed by atoms with van der Waals surface area (Å²) in [6.07, 6.45) is 3.58. The van der Waals surface area contributed by atoms with Gasteiger partial charge in [-0.2, -0.15) is 0 Å². The molecule has 0 bridgehead atoms. The third kappa shape index (κ3) is 1.26. The molecule has 1 aromatic carbocycles. The van der Waals surface area contributed by atoms with Crippen molar-refractivity contribution in [3.63, 3.8) is 0 Å². The number of hydrogen-bond acceptors (Lipinski definition) is 1. The highest BCUT2D eigenvalue weighted by Gasteiger charge is 2.05. The van der Waals surface area contributed by atoms with Crippen molar-refractivity contribution in [1.29, 1.82) is 0 Å². The Kier molecular flexibility index (Phi) is 1.90. The van der Waals surface area contributed by atoms with Crippen LogP contribution in [0.25, 0.3) is 16.6 Å². The number of aromatic amines is 1. The van der Waals surface area contributed by atoms with Gasteiger partial charge in [-0.15, -0.1) is 0 Å². The van der Waals surface area contributed by atoms with Crippen molar-refractivity contribution in [2.75, 3.05) is 0 Å². The molecular formula is C13H10N2O. The third-order valence-corrected chi connectivity index (χ3v) is 2.64. The summed E-state index contributed by atoms with van der Waals surface area (Å²) < 4.78 is 1.90. The number of pyridine rings is 1. The number of nitrogens with one attached hydrogen (secondary N) is 1. The average molecular weight is 210 g/mol. The second-order valence-corrected chi connectivity index (χ2v) is 3.63. The molecule has 0 unspecified atom stereocenters. The van der Waals surface area contributed by atoms with Gasteiger partial charge in [0.1, 0.15) is 5.52 Å². The van der Waals surface area contributed by atoms with Crippen LogP contribution in [0.3, 0.4) is 0 Å². The van der Waals surface area contributed by atoms with E-state index in [9.17, 15) is 4.79 Å². The van der Waals surface area contributed by atoms with Crippen molar-refractivity contribution in [2.45, 2.75) is 0 Å². The summed E-state index contributed by atoms with van der Waals surface area (Å²) in [6.45, 7) is 0. The molecule has 78 valence electrons. The van der Waals surface area contributed by atoms with Crippen LogP contribution in [0.1, 0.15) is 0 Å². The van der Waals surface area contributed by atoms with Gasteiger partial charge in [0.25, 0.3) is 5.56 Å². The van der Waals surface area contributed by atoms with Crippen molar-refractivity contribution in [3.05, 3.63) is 65.2 Å². The Morgan fingerprint density at radius 1 is 1.00 bits per heavy atom. The maximum Gasteiger partial charge on any atom is 0.272 e. The van der Waals surface area contributed by atoms with Crippen LogP contribution in [-0.4, -0.2) is 9.55 Å². The summed E-state index contributed by atoms with van der Waals surface area (Å²) in [5.74, 6) is 0. The first-order chi connectivity index (χ1) is 7.86. The van der Waals surface area contributed by atoms with E-state index < -0.39 is 0 Å². The number of H-pyrrole nitrogens is 1. The minimum absolute atomic E-state index is 0.0636. The van der Waals surface area contributed by atoms with Crippen molar-refractivity contribution >= 4 is 10.9 Å². The lowest BCUT2D eigenvalue weighted by Crippen LogP contribution is -2.08. The second-order valence-electron chi connectivity index (χ2n) is 3.63. The molecule has 0 saturated carbocycles. The number of para-hydroxylation sites is 1. The predicted molar refractivity (Wildman–Crippen MR) is 63.9 cm³/mol. The van der Waals surface area contributed by atoms with Crippen LogP contribution in [0.15, 0.2) is 59.7 Å². The fourth-order valence-corrected chi connectivity index (χ4v) is 1.90. The maximum absolute atomic E-state index is 11.8. The molecule has 1 N–H and O–H groups in total. The van der Waals surface area contributed by atoms with Crippen LogP contribution in [0.2, 0.25) is 0 Å². The molecule has 0 radical (unpaired) electrons. The van der Waals surface area contributed by atoms with Crippen molar-refractivity contribution in [2.24, 2.45) is 0 Å². The SMILES string of the molecule is O=c1[nH]ccc2ccn(-c3ccccc3)c12. The Labute approximate surface area is 92.0 Å². The average Bonchev–Trinajstić information content (AvgIpc) is 2.75. The van der Waals surface area contributed by atoms with Gasteiger partial charge in [0.2, 0.25) is 0 Å². The van der Waals surface area contributed by atoms with E-state index in [4.69, 9.17) is 0 Å². The Morgan fingerprint density at radius 2 is 1.81 bits per heavy atom. The van der Waals surface area contributed by atoms with E-state index in [-0.39, 0.29) is 5.56 Å². The molecule has 0 saturated heterocycles. The van der Waals surface area contributed by atoms with Gasteiger partial charge in [0, 0.05) is 23.5 Å². The summed E-state index contributed by atoms with van der Waals surface area (Å²) in [4.78, 5) is 14.5. The van der Waals surface area contributed by atoms with Crippen LogP contribution < -0.4 is 5.56 Å². The van der Waals surface area contributed by atoms with Crippen molar-refractivity contribution in [1.82, 2.24) is 9.55 Å². The zero-order valence-electron chi connectivity index (χ0n) is 8.55. The summed E-state index contributed by atoms with van der Waals surface area (Å²) in [7, 11) is 0. The van der Waals surface area contributed by atoms with Gasteiger partial charge in [0.05, 0.1) is 0 Å². The quantitative estimate of drug-likeness (QED) is 0.657. The van der Waals surface area contributed by atoms with E-state index in [2.05, 4.69) is 4.98 Å². The third-order valence-electron chi connectivity index (χ3n) is 2.64. The molecular weight excluding hydrogens is 200 g/mol. The zero-order chi connectivity index (χ0) is 11.0. The van der Waals surface area contributed by atoms with Crippen LogP contribution in [0, 0.1) is 0 Å². The Morgan fingerprint density at radius 3 is 2.62 bits per heavy atom. The molecule has 3 nitrogen and oxygen atoms in total. The van der Waals surface area contributed by atoms with Gasteiger partial charge < -0.3 is 9.55 Å². The van der Waals surface area contributed by atoms with Gasteiger partial charge >= 0.3 is 0 Å². The minimum atomic E-state index is -0.0636. The van der Waals surface area contributed by atoms with E-state index in [0.29, 0.717) is 5.52 Å². The number of fused-ring (bicyclic) bond motifs is 1. The smallest absolute Gasteiger partial charge is 0.272 e. The Hall–Kier alpha value is -2.29. The molecule has 0 aliphatic heterocycles. The molecule has 0 aliphatic rings. The molecule has 2 heterocycles. The summed E-state index contributed by atoms with van der Waals surface area (Å²) in [5, 5.41) is 0.951. The molecule has 0 amide bonds. The molecule has 0 aliphatic carbocycles. The molecule has 3 aromatic rings. The summed E-state index contributed by atoms with van der Waals surface area (Å²) in [5.41, 5.74) is 1.62. The number of benzene rings is 1. The van der Waals surface area contributed by atoms with E-state index >= 15 is 0 Å². The number of hydrogen-bond donors (Lipinski definition) is 1. The Balaban J connectivity index is 2.38. The Bertz CT molecular complexity index is 680. The molecule has 0 spiro atoms. The lowest BCUT2D eigenvalue weighted by Gasteiger charge is -2.03. The monoisotopic (exact) mass is 210 g/mol. The zero-order valence-corrected chi connectivity index (χ0v) is 8.55. The molecule has 0 fully saturated rings. The normalized spacial score (nSPS) is 10.8. The first kappa shape index (κ1) is 8.97. The molecule has 3 heteroatoms. The number of nitrogens with zero attached hydrogens (tertiary/aromatic N) is 1. The van der Waals surface area contributed by atoms with E-state index in [0.717, 1.165) is 11.1 Å². The van der Waals surface area contributed by atoms with E-state index in [1.165, 1.54) is 0 Å². The van der Waals surface area contributed by atoms with Crippen LogP contribution in [0.5, 0.6) is 0 Å². The van der Waals surface area contributed by atoms with Gasteiger partial charge in [-0.1, -0.05) is 18.2 Å². The number of rotatable bonds is 1. The predicted octanol–water partition coefficient (Wildman–Crippen LogP) is 2.32. The van der Waals surface area contributed by atoms with Gasteiger partial charge in [-0.05, 0) is 24.3 Å². The first-order valence-corrected chi connectivity index (χ1v) is 5.10. The van der Waals surface area contributed by atoms with Crippen molar-refractivity contribution < 1.29 is 0 Å². The fraction of sp³-hybridized carbons (Fsp3) is 0. The second kappa shape index (κ2) is 3.38. The lowest BCUT2D eigenvalue weighted by atomic mass is 10.3.